The lowest BCUT2D eigenvalue weighted by atomic mass is 10.4. The number of aromatic nitrogens is 3. The largest absolute Gasteiger partial charge is 0.480 e. The summed E-state index contributed by atoms with van der Waals surface area (Å²) in [6, 6.07) is 1.97. The van der Waals surface area contributed by atoms with E-state index < -0.39 is 0 Å². The Bertz CT molecular complexity index is 422. The van der Waals surface area contributed by atoms with E-state index in [2.05, 4.69) is 21.5 Å². The zero-order chi connectivity index (χ0) is 9.26. The van der Waals surface area contributed by atoms with Gasteiger partial charge in [0.15, 0.2) is 0 Å². The molecule has 0 saturated carbocycles. The van der Waals surface area contributed by atoms with Gasteiger partial charge in [0.2, 0.25) is 5.88 Å². The zero-order valence-corrected chi connectivity index (χ0v) is 7.69. The number of methoxy groups -OCH3 is 1. The fraction of sp³-hybridized carbons (Fsp3) is 0.333. The molecule has 0 unspecified atom stereocenters. The Morgan fingerprint density at radius 1 is 1.46 bits per heavy atom. The van der Waals surface area contributed by atoms with E-state index in [4.69, 9.17) is 4.74 Å². The summed E-state index contributed by atoms with van der Waals surface area (Å²) in [6.07, 6.45) is 3.51. The number of aryl methyl sites for hydroxylation is 1. The smallest absolute Gasteiger partial charge is 0.225 e. The lowest BCUT2D eigenvalue weighted by Crippen LogP contribution is -1.95. The van der Waals surface area contributed by atoms with Crippen LogP contribution in [-0.2, 0) is 6.54 Å². The summed E-state index contributed by atoms with van der Waals surface area (Å²) in [5, 5.41) is 0.965. The van der Waals surface area contributed by atoms with Crippen LogP contribution in [0.15, 0.2) is 18.6 Å². The molecular weight excluding hydrogens is 166 g/mol. The van der Waals surface area contributed by atoms with Gasteiger partial charge in [0, 0.05) is 12.7 Å². The third kappa shape index (κ3) is 1.14. The molecule has 13 heavy (non-hydrogen) atoms. The van der Waals surface area contributed by atoms with Gasteiger partial charge in [0.05, 0.1) is 12.5 Å². The Labute approximate surface area is 76.2 Å². The number of ether oxygens (including phenoxy) is 1. The Morgan fingerprint density at radius 3 is 3.00 bits per heavy atom. The van der Waals surface area contributed by atoms with Gasteiger partial charge < -0.3 is 9.30 Å². The van der Waals surface area contributed by atoms with Crippen LogP contribution in [0.2, 0.25) is 0 Å². The van der Waals surface area contributed by atoms with Gasteiger partial charge in [0.25, 0.3) is 0 Å². The van der Waals surface area contributed by atoms with Crippen LogP contribution in [0.5, 0.6) is 5.88 Å². The standard InChI is InChI=1S/C9H11N3O/c1-3-12-5-4-7-8(12)10-6-11-9(7)13-2/h4-6H,3H2,1-2H3. The minimum atomic E-state index is 0.636. The minimum absolute atomic E-state index is 0.636. The van der Waals surface area contributed by atoms with Gasteiger partial charge in [0.1, 0.15) is 12.0 Å². The van der Waals surface area contributed by atoms with E-state index in [-0.39, 0.29) is 0 Å². The molecule has 0 bridgehead atoms. The molecule has 0 saturated heterocycles. The minimum Gasteiger partial charge on any atom is -0.480 e. The van der Waals surface area contributed by atoms with Gasteiger partial charge in [-0.15, -0.1) is 0 Å². The molecule has 0 spiro atoms. The summed E-state index contributed by atoms with van der Waals surface area (Å²) in [6.45, 7) is 2.98. The van der Waals surface area contributed by atoms with E-state index in [1.165, 1.54) is 6.33 Å². The summed E-state index contributed by atoms with van der Waals surface area (Å²) in [7, 11) is 1.62. The molecule has 0 aliphatic carbocycles. The van der Waals surface area contributed by atoms with Crippen molar-refractivity contribution < 1.29 is 4.74 Å². The Hall–Kier alpha value is -1.58. The molecule has 0 amide bonds. The van der Waals surface area contributed by atoms with Crippen molar-refractivity contribution in [2.45, 2.75) is 13.5 Å². The van der Waals surface area contributed by atoms with Gasteiger partial charge in [-0.05, 0) is 13.0 Å². The third-order valence-electron chi connectivity index (χ3n) is 2.05. The first kappa shape index (κ1) is 8.04. The summed E-state index contributed by atoms with van der Waals surface area (Å²) in [5.74, 6) is 0.636. The van der Waals surface area contributed by atoms with Gasteiger partial charge in [-0.2, -0.15) is 0 Å². The van der Waals surface area contributed by atoms with Gasteiger partial charge in [-0.3, -0.25) is 0 Å². The monoisotopic (exact) mass is 177 g/mol. The normalized spacial score (nSPS) is 10.6. The van der Waals surface area contributed by atoms with E-state index in [1.54, 1.807) is 7.11 Å². The molecule has 0 aromatic carbocycles. The van der Waals surface area contributed by atoms with Crippen LogP contribution in [0, 0.1) is 0 Å². The highest BCUT2D eigenvalue weighted by Gasteiger charge is 2.06. The summed E-state index contributed by atoms with van der Waals surface area (Å²) in [4.78, 5) is 8.22. The van der Waals surface area contributed by atoms with Crippen LogP contribution in [-0.4, -0.2) is 21.6 Å². The first-order valence-electron chi connectivity index (χ1n) is 4.20. The van der Waals surface area contributed by atoms with Crippen LogP contribution in [0.25, 0.3) is 11.0 Å². The molecule has 2 aromatic rings. The number of nitrogens with zero attached hydrogens (tertiary/aromatic N) is 3. The maximum atomic E-state index is 5.12. The average Bonchev–Trinajstić information content (AvgIpc) is 2.60. The van der Waals surface area contributed by atoms with E-state index in [0.29, 0.717) is 5.88 Å². The molecule has 2 rings (SSSR count). The van der Waals surface area contributed by atoms with Gasteiger partial charge in [-0.1, -0.05) is 0 Å². The van der Waals surface area contributed by atoms with Crippen molar-refractivity contribution in [2.24, 2.45) is 0 Å². The Kier molecular flexibility index (Phi) is 1.88. The van der Waals surface area contributed by atoms with Gasteiger partial charge >= 0.3 is 0 Å². The fourth-order valence-electron chi connectivity index (χ4n) is 1.40. The molecule has 0 radical (unpaired) electrons. The lowest BCUT2D eigenvalue weighted by Gasteiger charge is -2.01. The summed E-state index contributed by atoms with van der Waals surface area (Å²) in [5.41, 5.74) is 0.925. The SMILES string of the molecule is CCn1ccc2c(OC)ncnc21. The van der Waals surface area contributed by atoms with Crippen molar-refractivity contribution in [1.82, 2.24) is 14.5 Å². The molecule has 0 fully saturated rings. The lowest BCUT2D eigenvalue weighted by molar-refractivity contribution is 0.402. The topological polar surface area (TPSA) is 39.9 Å². The quantitative estimate of drug-likeness (QED) is 0.697. The Balaban J connectivity index is 2.72. The first-order valence-corrected chi connectivity index (χ1v) is 4.20. The third-order valence-corrected chi connectivity index (χ3v) is 2.05. The number of fused-ring (bicyclic) bond motifs is 1. The van der Waals surface area contributed by atoms with E-state index in [0.717, 1.165) is 17.6 Å². The second-order valence-corrected chi connectivity index (χ2v) is 2.72. The van der Waals surface area contributed by atoms with E-state index in [9.17, 15) is 0 Å². The van der Waals surface area contributed by atoms with Crippen LogP contribution in [0.3, 0.4) is 0 Å². The maximum absolute atomic E-state index is 5.12. The number of hydrogen-bond acceptors (Lipinski definition) is 3. The fourth-order valence-corrected chi connectivity index (χ4v) is 1.40. The number of hydrogen-bond donors (Lipinski definition) is 0. The van der Waals surface area contributed by atoms with Crippen LogP contribution >= 0.6 is 0 Å². The highest BCUT2D eigenvalue weighted by atomic mass is 16.5. The predicted molar refractivity (Wildman–Crippen MR) is 49.8 cm³/mol. The van der Waals surface area contributed by atoms with Crippen molar-refractivity contribution in [2.75, 3.05) is 7.11 Å². The van der Waals surface area contributed by atoms with Crippen molar-refractivity contribution in [3.8, 4) is 5.88 Å². The van der Waals surface area contributed by atoms with Crippen LogP contribution in [0.4, 0.5) is 0 Å². The molecule has 0 aliphatic rings. The van der Waals surface area contributed by atoms with E-state index in [1.807, 2.05) is 12.3 Å². The number of rotatable bonds is 2. The van der Waals surface area contributed by atoms with Crippen molar-refractivity contribution in [3.05, 3.63) is 18.6 Å². The second kappa shape index (κ2) is 3.05. The van der Waals surface area contributed by atoms with E-state index >= 15 is 0 Å². The molecule has 0 N–H and O–H groups in total. The summed E-state index contributed by atoms with van der Waals surface area (Å²) >= 11 is 0. The van der Waals surface area contributed by atoms with Gasteiger partial charge in [-0.25, -0.2) is 9.97 Å². The average molecular weight is 177 g/mol. The molecule has 2 heterocycles. The predicted octanol–water partition coefficient (Wildman–Crippen LogP) is 1.46. The molecule has 4 nitrogen and oxygen atoms in total. The maximum Gasteiger partial charge on any atom is 0.225 e. The Morgan fingerprint density at radius 2 is 2.31 bits per heavy atom. The highest BCUT2D eigenvalue weighted by Crippen LogP contribution is 2.21. The summed E-state index contributed by atoms with van der Waals surface area (Å²) < 4.78 is 7.18. The van der Waals surface area contributed by atoms with Crippen LogP contribution < -0.4 is 4.74 Å². The molecule has 0 aliphatic heterocycles. The van der Waals surface area contributed by atoms with Crippen molar-refractivity contribution in [3.63, 3.8) is 0 Å². The highest BCUT2D eigenvalue weighted by molar-refractivity contribution is 5.81. The first-order chi connectivity index (χ1) is 6.36. The second-order valence-electron chi connectivity index (χ2n) is 2.72. The van der Waals surface area contributed by atoms with Crippen LogP contribution in [0.1, 0.15) is 6.92 Å². The zero-order valence-electron chi connectivity index (χ0n) is 7.69. The molecular formula is C9H11N3O. The molecule has 68 valence electrons. The molecule has 2 aromatic heterocycles. The molecule has 0 atom stereocenters. The van der Waals surface area contributed by atoms with Crippen molar-refractivity contribution in [1.29, 1.82) is 0 Å². The molecule has 4 heteroatoms. The van der Waals surface area contributed by atoms with Crippen molar-refractivity contribution >= 4 is 11.0 Å².